The summed E-state index contributed by atoms with van der Waals surface area (Å²) in [6.45, 7) is 12.2. The predicted molar refractivity (Wildman–Crippen MR) is 107 cm³/mol. The first kappa shape index (κ1) is 20.3. The van der Waals surface area contributed by atoms with Crippen molar-refractivity contribution in [1.29, 1.82) is 0 Å². The van der Waals surface area contributed by atoms with Crippen LogP contribution in [0.25, 0.3) is 0 Å². The minimum atomic E-state index is 0.0849. The number of rotatable bonds is 6. The number of ether oxygens (including phenoxy) is 1. The Morgan fingerprint density at radius 1 is 1.26 bits per heavy atom. The Labute approximate surface area is 163 Å². The van der Waals surface area contributed by atoms with Crippen LogP contribution in [0.1, 0.15) is 64.3 Å². The molecule has 1 aromatic heterocycles. The van der Waals surface area contributed by atoms with E-state index in [4.69, 9.17) is 4.74 Å². The lowest BCUT2D eigenvalue weighted by Gasteiger charge is -2.47. The van der Waals surface area contributed by atoms with Crippen molar-refractivity contribution >= 4 is 5.91 Å². The smallest absolute Gasteiger partial charge is 0.222 e. The van der Waals surface area contributed by atoms with E-state index in [9.17, 15) is 4.79 Å². The van der Waals surface area contributed by atoms with Crippen LogP contribution < -0.4 is 0 Å². The van der Waals surface area contributed by atoms with Crippen LogP contribution >= 0.6 is 0 Å². The Hall–Kier alpha value is -1.40. The highest BCUT2D eigenvalue weighted by Gasteiger charge is 2.40. The van der Waals surface area contributed by atoms with Crippen LogP contribution in [0.3, 0.4) is 0 Å². The Morgan fingerprint density at radius 3 is 2.63 bits per heavy atom. The molecule has 0 saturated carbocycles. The molecule has 1 spiro atoms. The summed E-state index contributed by atoms with van der Waals surface area (Å²) in [6, 6.07) is 2.21. The van der Waals surface area contributed by atoms with E-state index < -0.39 is 0 Å². The predicted octanol–water partition coefficient (Wildman–Crippen LogP) is 2.95. The molecule has 1 aromatic rings. The van der Waals surface area contributed by atoms with Crippen molar-refractivity contribution in [1.82, 2.24) is 20.0 Å². The first-order valence-corrected chi connectivity index (χ1v) is 10.4. The fourth-order valence-corrected chi connectivity index (χ4v) is 4.37. The van der Waals surface area contributed by atoms with Gasteiger partial charge < -0.3 is 9.64 Å². The Morgan fingerprint density at radius 2 is 2.00 bits per heavy atom. The summed E-state index contributed by atoms with van der Waals surface area (Å²) in [4.78, 5) is 16.9. The summed E-state index contributed by atoms with van der Waals surface area (Å²) in [5.41, 5.74) is 2.74. The quantitative estimate of drug-likeness (QED) is 0.776. The number of carbonyl (C=O) groups excluding carboxylic acids is 1. The van der Waals surface area contributed by atoms with Gasteiger partial charge in [-0.05, 0) is 50.3 Å². The zero-order valence-corrected chi connectivity index (χ0v) is 17.5. The molecule has 0 bridgehead atoms. The molecule has 6 heteroatoms. The molecule has 2 saturated heterocycles. The summed E-state index contributed by atoms with van der Waals surface area (Å²) in [7, 11) is 1.72. The number of carbonyl (C=O) groups is 1. The molecular weight excluding hydrogens is 340 g/mol. The molecule has 3 rings (SSSR count). The van der Waals surface area contributed by atoms with Gasteiger partial charge in [0.2, 0.25) is 5.91 Å². The van der Waals surface area contributed by atoms with E-state index in [0.29, 0.717) is 17.7 Å². The number of piperidine rings is 2. The molecule has 2 aliphatic heterocycles. The van der Waals surface area contributed by atoms with Gasteiger partial charge in [-0.15, -0.1) is 0 Å². The molecule has 0 aliphatic carbocycles. The highest BCUT2D eigenvalue weighted by molar-refractivity contribution is 5.77. The second-order valence-corrected chi connectivity index (χ2v) is 9.47. The fourth-order valence-electron chi connectivity index (χ4n) is 4.37. The maximum atomic E-state index is 12.3. The van der Waals surface area contributed by atoms with Crippen LogP contribution in [0.4, 0.5) is 0 Å². The normalized spacial score (nSPS) is 21.2. The second kappa shape index (κ2) is 8.31. The molecule has 1 amide bonds. The fraction of sp³-hybridized carbons (Fsp3) is 0.810. The molecule has 2 aliphatic rings. The van der Waals surface area contributed by atoms with Gasteiger partial charge in [-0.2, -0.15) is 5.10 Å². The minimum absolute atomic E-state index is 0.0849. The van der Waals surface area contributed by atoms with E-state index in [1.165, 1.54) is 18.5 Å². The molecule has 27 heavy (non-hydrogen) atoms. The van der Waals surface area contributed by atoms with E-state index in [2.05, 4.69) is 46.8 Å². The molecule has 2 fully saturated rings. The largest absolute Gasteiger partial charge is 0.385 e. The maximum absolute atomic E-state index is 12.3. The van der Waals surface area contributed by atoms with Crippen molar-refractivity contribution in [3.05, 3.63) is 17.5 Å². The maximum Gasteiger partial charge on any atom is 0.222 e. The summed E-state index contributed by atoms with van der Waals surface area (Å²) < 4.78 is 5.15. The molecule has 0 radical (unpaired) electrons. The lowest BCUT2D eigenvalue weighted by molar-refractivity contribution is -0.139. The van der Waals surface area contributed by atoms with Crippen LogP contribution in [0.2, 0.25) is 0 Å². The zero-order valence-electron chi connectivity index (χ0n) is 17.5. The van der Waals surface area contributed by atoms with Gasteiger partial charge in [0, 0.05) is 50.9 Å². The average Bonchev–Trinajstić information content (AvgIpc) is 3.10. The number of hydrogen-bond donors (Lipinski definition) is 1. The highest BCUT2D eigenvalue weighted by atomic mass is 16.5. The van der Waals surface area contributed by atoms with Crippen LogP contribution in [-0.2, 0) is 21.5 Å². The number of aromatic nitrogens is 2. The van der Waals surface area contributed by atoms with Gasteiger partial charge in [0.25, 0.3) is 0 Å². The number of methoxy groups -OCH3 is 1. The number of nitrogens with one attached hydrogen (secondary N) is 1. The number of aromatic amines is 1. The standard InChI is InChI=1S/C21H36N4O2/c1-20(2,3)18-14-17(22-23-18)15-24-11-8-21(9-12-24)7-6-19(26)25(16-21)10-5-13-27-4/h14H,5-13,15-16H2,1-4H3,(H,22,23). The Kier molecular flexibility index (Phi) is 6.26. The van der Waals surface area contributed by atoms with Crippen molar-refractivity contribution < 1.29 is 9.53 Å². The topological polar surface area (TPSA) is 61.5 Å². The number of nitrogens with zero attached hydrogens (tertiary/aromatic N) is 3. The highest BCUT2D eigenvalue weighted by Crippen LogP contribution is 2.40. The lowest BCUT2D eigenvalue weighted by atomic mass is 9.72. The Balaban J connectivity index is 1.52. The van der Waals surface area contributed by atoms with Gasteiger partial charge in [0.1, 0.15) is 0 Å². The SMILES string of the molecule is COCCCN1CC2(CCC1=O)CCN(Cc1cc(C(C)(C)C)n[nH]1)CC2. The number of hydrogen-bond acceptors (Lipinski definition) is 4. The van der Waals surface area contributed by atoms with E-state index in [0.717, 1.165) is 57.9 Å². The first-order chi connectivity index (χ1) is 12.8. The van der Waals surface area contributed by atoms with Gasteiger partial charge in [-0.25, -0.2) is 0 Å². The lowest BCUT2D eigenvalue weighted by Crippen LogP contribution is -2.51. The summed E-state index contributed by atoms with van der Waals surface area (Å²) >= 11 is 0. The van der Waals surface area contributed by atoms with E-state index in [1.807, 2.05) is 0 Å². The van der Waals surface area contributed by atoms with Gasteiger partial charge in [0.15, 0.2) is 0 Å². The van der Waals surface area contributed by atoms with Crippen molar-refractivity contribution in [2.75, 3.05) is 39.9 Å². The molecule has 6 nitrogen and oxygen atoms in total. The molecule has 1 N–H and O–H groups in total. The van der Waals surface area contributed by atoms with E-state index in [1.54, 1.807) is 7.11 Å². The van der Waals surface area contributed by atoms with Crippen molar-refractivity contribution in [3.63, 3.8) is 0 Å². The van der Waals surface area contributed by atoms with Gasteiger partial charge in [-0.3, -0.25) is 14.8 Å². The molecule has 0 atom stereocenters. The van der Waals surface area contributed by atoms with Gasteiger partial charge in [0.05, 0.1) is 5.69 Å². The molecule has 0 aromatic carbocycles. The molecular formula is C21H36N4O2. The van der Waals surface area contributed by atoms with Crippen molar-refractivity contribution in [3.8, 4) is 0 Å². The van der Waals surface area contributed by atoms with Crippen LogP contribution in [0, 0.1) is 5.41 Å². The van der Waals surface area contributed by atoms with Crippen molar-refractivity contribution in [2.45, 2.75) is 64.8 Å². The van der Waals surface area contributed by atoms with Crippen LogP contribution in [0.15, 0.2) is 6.07 Å². The number of H-pyrrole nitrogens is 1. The zero-order chi connectivity index (χ0) is 19.5. The first-order valence-electron chi connectivity index (χ1n) is 10.4. The summed E-state index contributed by atoms with van der Waals surface area (Å²) in [5, 5.41) is 7.70. The number of likely N-dealkylation sites (tertiary alicyclic amines) is 2. The van der Waals surface area contributed by atoms with Gasteiger partial charge in [-0.1, -0.05) is 20.8 Å². The van der Waals surface area contributed by atoms with Gasteiger partial charge >= 0.3 is 0 Å². The monoisotopic (exact) mass is 376 g/mol. The third-order valence-electron chi connectivity index (χ3n) is 6.23. The van der Waals surface area contributed by atoms with Crippen LogP contribution in [-0.4, -0.2) is 65.8 Å². The number of amides is 1. The summed E-state index contributed by atoms with van der Waals surface area (Å²) in [5.74, 6) is 0.325. The third kappa shape index (κ3) is 5.11. The average molecular weight is 377 g/mol. The Bertz CT molecular complexity index is 626. The molecule has 3 heterocycles. The minimum Gasteiger partial charge on any atom is -0.385 e. The summed E-state index contributed by atoms with van der Waals surface area (Å²) in [6.07, 6.45) is 5.06. The molecule has 0 unspecified atom stereocenters. The van der Waals surface area contributed by atoms with E-state index in [-0.39, 0.29) is 5.41 Å². The molecule has 152 valence electrons. The third-order valence-corrected chi connectivity index (χ3v) is 6.23. The van der Waals surface area contributed by atoms with Crippen LogP contribution in [0.5, 0.6) is 0 Å². The second-order valence-electron chi connectivity index (χ2n) is 9.47. The van der Waals surface area contributed by atoms with Crippen molar-refractivity contribution in [2.24, 2.45) is 5.41 Å². The van der Waals surface area contributed by atoms with E-state index >= 15 is 0 Å².